The SMILES string of the molecule is COc1cccc(NCc2nnc(SCCOc3ccc(C#N)cc3)n2C2CCCCC2)c1. The highest BCUT2D eigenvalue weighted by atomic mass is 32.2. The third kappa shape index (κ3) is 6.20. The van der Waals surface area contributed by atoms with Gasteiger partial charge < -0.3 is 19.4 Å². The van der Waals surface area contributed by atoms with Gasteiger partial charge in [0.05, 0.1) is 31.9 Å². The zero-order valence-corrected chi connectivity index (χ0v) is 19.7. The molecule has 33 heavy (non-hydrogen) atoms. The highest BCUT2D eigenvalue weighted by molar-refractivity contribution is 7.99. The number of ether oxygens (including phenoxy) is 2. The molecule has 1 heterocycles. The second-order valence-electron chi connectivity index (χ2n) is 7.98. The van der Waals surface area contributed by atoms with Crippen LogP contribution in [0.2, 0.25) is 0 Å². The molecule has 1 N–H and O–H groups in total. The molecule has 0 spiro atoms. The zero-order chi connectivity index (χ0) is 22.9. The largest absolute Gasteiger partial charge is 0.497 e. The number of methoxy groups -OCH3 is 1. The van der Waals surface area contributed by atoms with Crippen LogP contribution in [0.5, 0.6) is 11.5 Å². The first-order valence-electron chi connectivity index (χ1n) is 11.3. The van der Waals surface area contributed by atoms with Gasteiger partial charge in [0.15, 0.2) is 11.0 Å². The van der Waals surface area contributed by atoms with E-state index < -0.39 is 0 Å². The maximum atomic E-state index is 8.91. The first-order chi connectivity index (χ1) is 16.3. The molecular weight excluding hydrogens is 434 g/mol. The molecule has 1 saturated carbocycles. The van der Waals surface area contributed by atoms with Crippen molar-refractivity contribution < 1.29 is 9.47 Å². The molecule has 0 unspecified atom stereocenters. The second kappa shape index (κ2) is 11.6. The van der Waals surface area contributed by atoms with Crippen molar-refractivity contribution in [1.29, 1.82) is 5.26 Å². The minimum Gasteiger partial charge on any atom is -0.497 e. The monoisotopic (exact) mass is 463 g/mol. The van der Waals surface area contributed by atoms with E-state index in [9.17, 15) is 0 Å². The van der Waals surface area contributed by atoms with E-state index in [-0.39, 0.29) is 0 Å². The zero-order valence-electron chi connectivity index (χ0n) is 18.9. The summed E-state index contributed by atoms with van der Waals surface area (Å²) >= 11 is 1.68. The topological polar surface area (TPSA) is 85.0 Å². The van der Waals surface area contributed by atoms with Crippen molar-refractivity contribution in [2.24, 2.45) is 0 Å². The number of benzene rings is 2. The maximum absolute atomic E-state index is 8.91. The van der Waals surface area contributed by atoms with Gasteiger partial charge in [-0.15, -0.1) is 10.2 Å². The van der Waals surface area contributed by atoms with Crippen molar-refractivity contribution >= 4 is 17.4 Å². The van der Waals surface area contributed by atoms with Crippen molar-refractivity contribution in [2.45, 2.75) is 49.8 Å². The molecule has 1 aliphatic rings. The summed E-state index contributed by atoms with van der Waals surface area (Å²) in [6.45, 7) is 1.17. The molecular formula is C25H29N5O2S. The number of hydrogen-bond donors (Lipinski definition) is 1. The van der Waals surface area contributed by atoms with E-state index in [1.165, 1.54) is 32.1 Å². The molecule has 8 heteroatoms. The smallest absolute Gasteiger partial charge is 0.191 e. The molecule has 0 saturated heterocycles. The fourth-order valence-corrected chi connectivity index (χ4v) is 4.91. The van der Waals surface area contributed by atoms with Crippen LogP contribution in [-0.2, 0) is 6.54 Å². The Kier molecular flexibility index (Phi) is 8.09. The van der Waals surface area contributed by atoms with Crippen molar-refractivity contribution in [3.8, 4) is 17.6 Å². The normalized spacial score (nSPS) is 13.9. The molecule has 1 fully saturated rings. The van der Waals surface area contributed by atoms with E-state index in [0.29, 0.717) is 24.8 Å². The standard InChI is InChI=1S/C25H29N5O2S/c1-31-23-9-5-6-20(16-23)27-18-24-28-29-25(30(24)21-7-3-2-4-8-21)33-15-14-32-22-12-10-19(17-26)11-13-22/h5-6,9-13,16,21,27H,2-4,7-8,14-15,18H2,1H3. The molecule has 0 amide bonds. The Hall–Kier alpha value is -3.18. The lowest BCUT2D eigenvalue weighted by Gasteiger charge is -2.25. The van der Waals surface area contributed by atoms with E-state index in [4.69, 9.17) is 14.7 Å². The predicted molar refractivity (Wildman–Crippen MR) is 130 cm³/mol. The van der Waals surface area contributed by atoms with Gasteiger partial charge in [0, 0.05) is 23.5 Å². The molecule has 4 rings (SSSR count). The quantitative estimate of drug-likeness (QED) is 0.316. The summed E-state index contributed by atoms with van der Waals surface area (Å²) in [5.74, 6) is 3.33. The molecule has 0 atom stereocenters. The molecule has 172 valence electrons. The Balaban J connectivity index is 1.39. The number of nitriles is 1. The Morgan fingerprint density at radius 1 is 1.09 bits per heavy atom. The molecule has 1 aliphatic carbocycles. The van der Waals surface area contributed by atoms with Crippen LogP contribution in [0.4, 0.5) is 5.69 Å². The molecule has 0 aliphatic heterocycles. The maximum Gasteiger partial charge on any atom is 0.191 e. The van der Waals surface area contributed by atoms with E-state index >= 15 is 0 Å². The summed E-state index contributed by atoms with van der Waals surface area (Å²) in [6, 6.07) is 17.7. The number of anilines is 1. The number of hydrogen-bond acceptors (Lipinski definition) is 7. The van der Waals surface area contributed by atoms with E-state index in [0.717, 1.165) is 33.9 Å². The molecule has 0 bridgehead atoms. The number of nitrogens with zero attached hydrogens (tertiary/aromatic N) is 4. The van der Waals surface area contributed by atoms with Crippen LogP contribution in [0.15, 0.2) is 53.7 Å². The van der Waals surface area contributed by atoms with Gasteiger partial charge in [-0.1, -0.05) is 37.1 Å². The Bertz CT molecular complexity index is 1070. The van der Waals surface area contributed by atoms with Crippen LogP contribution < -0.4 is 14.8 Å². The lowest BCUT2D eigenvalue weighted by molar-refractivity contribution is 0.328. The van der Waals surface area contributed by atoms with Gasteiger partial charge in [-0.25, -0.2) is 0 Å². The van der Waals surface area contributed by atoms with Crippen molar-refractivity contribution in [2.75, 3.05) is 24.8 Å². The molecule has 7 nitrogen and oxygen atoms in total. The summed E-state index contributed by atoms with van der Waals surface area (Å²) in [4.78, 5) is 0. The van der Waals surface area contributed by atoms with Crippen LogP contribution in [0, 0.1) is 11.3 Å². The lowest BCUT2D eigenvalue weighted by atomic mass is 9.95. The van der Waals surface area contributed by atoms with Gasteiger partial charge >= 0.3 is 0 Å². The van der Waals surface area contributed by atoms with Crippen LogP contribution in [0.1, 0.15) is 49.5 Å². The van der Waals surface area contributed by atoms with Crippen molar-refractivity contribution in [1.82, 2.24) is 14.8 Å². The van der Waals surface area contributed by atoms with Gasteiger partial charge in [0.1, 0.15) is 11.5 Å². The molecule has 2 aromatic carbocycles. The summed E-state index contributed by atoms with van der Waals surface area (Å²) in [6.07, 6.45) is 6.13. The lowest BCUT2D eigenvalue weighted by Crippen LogP contribution is -2.18. The highest BCUT2D eigenvalue weighted by Crippen LogP contribution is 2.33. The average molecular weight is 464 g/mol. The second-order valence-corrected chi connectivity index (χ2v) is 9.04. The van der Waals surface area contributed by atoms with Crippen LogP contribution >= 0.6 is 11.8 Å². The number of thioether (sulfide) groups is 1. The van der Waals surface area contributed by atoms with Crippen molar-refractivity contribution in [3.05, 3.63) is 59.9 Å². The van der Waals surface area contributed by atoms with Gasteiger partial charge in [-0.3, -0.25) is 0 Å². The fourth-order valence-electron chi connectivity index (χ4n) is 4.06. The Labute approximate surface area is 199 Å². The molecule has 3 aromatic rings. The third-order valence-electron chi connectivity index (χ3n) is 5.76. The number of rotatable bonds is 10. The average Bonchev–Trinajstić information content (AvgIpc) is 3.29. The van der Waals surface area contributed by atoms with Crippen LogP contribution in [-0.4, -0.2) is 34.2 Å². The summed E-state index contributed by atoms with van der Waals surface area (Å²) in [5, 5.41) is 22.4. The van der Waals surface area contributed by atoms with Crippen molar-refractivity contribution in [3.63, 3.8) is 0 Å². The van der Waals surface area contributed by atoms with Crippen LogP contribution in [0.3, 0.4) is 0 Å². The minimum atomic E-state index is 0.442. The van der Waals surface area contributed by atoms with Gasteiger partial charge in [0.25, 0.3) is 0 Å². The van der Waals surface area contributed by atoms with E-state index in [1.807, 2.05) is 36.4 Å². The molecule has 1 aromatic heterocycles. The first kappa shape index (κ1) is 23.0. The molecule has 0 radical (unpaired) electrons. The van der Waals surface area contributed by atoms with Crippen LogP contribution in [0.25, 0.3) is 0 Å². The minimum absolute atomic E-state index is 0.442. The summed E-state index contributed by atoms with van der Waals surface area (Å²) < 4.78 is 13.5. The third-order valence-corrected chi connectivity index (χ3v) is 6.67. The van der Waals surface area contributed by atoms with E-state index in [1.54, 1.807) is 31.0 Å². The first-order valence-corrected chi connectivity index (χ1v) is 12.3. The van der Waals surface area contributed by atoms with E-state index in [2.05, 4.69) is 26.2 Å². The van der Waals surface area contributed by atoms with Gasteiger partial charge in [0.2, 0.25) is 0 Å². The Morgan fingerprint density at radius 2 is 1.91 bits per heavy atom. The number of nitrogens with one attached hydrogen (secondary N) is 1. The predicted octanol–water partition coefficient (Wildman–Crippen LogP) is 5.45. The fraction of sp³-hybridized carbons (Fsp3) is 0.400. The summed E-state index contributed by atoms with van der Waals surface area (Å²) in [7, 11) is 1.67. The Morgan fingerprint density at radius 3 is 2.67 bits per heavy atom. The highest BCUT2D eigenvalue weighted by Gasteiger charge is 2.23. The number of aromatic nitrogens is 3. The van der Waals surface area contributed by atoms with Gasteiger partial charge in [-0.2, -0.15) is 5.26 Å². The van der Waals surface area contributed by atoms with Gasteiger partial charge in [-0.05, 0) is 49.2 Å². The summed E-state index contributed by atoms with van der Waals surface area (Å²) in [5.41, 5.74) is 1.63.